The number of carbonyl (C=O) groups excluding carboxylic acids is 1. The van der Waals surface area contributed by atoms with Crippen LogP contribution in [0.4, 0.5) is 0 Å². The van der Waals surface area contributed by atoms with E-state index >= 15 is 0 Å². The van der Waals surface area contributed by atoms with Gasteiger partial charge in [-0.05, 0) is 61.2 Å². The fourth-order valence-electron chi connectivity index (χ4n) is 3.08. The first kappa shape index (κ1) is 21.1. The van der Waals surface area contributed by atoms with Crippen molar-refractivity contribution >= 4 is 23.6 Å². The highest BCUT2D eigenvalue weighted by atomic mass is 35.5. The molecule has 3 rings (SSSR count). The SMILES string of the molecule is CCOc1c(Cl)cc(/C=C/C(=O)N(Cc2ccc(OC)cc2)C2CC2)cc1OC. The van der Waals surface area contributed by atoms with Crippen LogP contribution in [0.1, 0.15) is 30.9 Å². The number of amides is 1. The maximum Gasteiger partial charge on any atom is 0.247 e. The van der Waals surface area contributed by atoms with E-state index in [-0.39, 0.29) is 5.91 Å². The molecule has 1 fully saturated rings. The van der Waals surface area contributed by atoms with Gasteiger partial charge in [0.1, 0.15) is 5.75 Å². The quantitative estimate of drug-likeness (QED) is 0.543. The average molecular weight is 416 g/mol. The van der Waals surface area contributed by atoms with E-state index in [1.54, 1.807) is 32.4 Å². The molecule has 154 valence electrons. The summed E-state index contributed by atoms with van der Waals surface area (Å²) in [5, 5.41) is 0.454. The lowest BCUT2D eigenvalue weighted by Crippen LogP contribution is -2.31. The highest BCUT2D eigenvalue weighted by molar-refractivity contribution is 6.32. The van der Waals surface area contributed by atoms with Gasteiger partial charge < -0.3 is 19.1 Å². The lowest BCUT2D eigenvalue weighted by atomic mass is 10.1. The fraction of sp³-hybridized carbons (Fsp3) is 0.348. The molecule has 2 aromatic rings. The third-order valence-electron chi connectivity index (χ3n) is 4.74. The second-order valence-electron chi connectivity index (χ2n) is 6.85. The summed E-state index contributed by atoms with van der Waals surface area (Å²) in [5.41, 5.74) is 1.86. The van der Waals surface area contributed by atoms with Crippen LogP contribution in [0.5, 0.6) is 17.2 Å². The Kier molecular flexibility index (Phi) is 7.04. The Morgan fingerprint density at radius 3 is 2.48 bits per heavy atom. The van der Waals surface area contributed by atoms with Crippen molar-refractivity contribution in [3.05, 3.63) is 58.6 Å². The zero-order chi connectivity index (χ0) is 20.8. The first-order valence-corrected chi connectivity index (χ1v) is 10.1. The van der Waals surface area contributed by atoms with E-state index in [4.69, 9.17) is 25.8 Å². The summed E-state index contributed by atoms with van der Waals surface area (Å²) in [7, 11) is 3.21. The molecule has 0 heterocycles. The van der Waals surface area contributed by atoms with Crippen LogP contribution in [0.3, 0.4) is 0 Å². The molecule has 29 heavy (non-hydrogen) atoms. The minimum absolute atomic E-state index is 0.0210. The van der Waals surface area contributed by atoms with Gasteiger partial charge >= 0.3 is 0 Å². The summed E-state index contributed by atoms with van der Waals surface area (Å²) in [6.45, 7) is 2.95. The molecule has 0 unspecified atom stereocenters. The lowest BCUT2D eigenvalue weighted by molar-refractivity contribution is -0.127. The molecule has 0 radical (unpaired) electrons. The Bertz CT molecular complexity index is 875. The Morgan fingerprint density at radius 1 is 1.17 bits per heavy atom. The van der Waals surface area contributed by atoms with Crippen LogP contribution in [-0.4, -0.2) is 37.7 Å². The molecule has 1 amide bonds. The second kappa shape index (κ2) is 9.70. The van der Waals surface area contributed by atoms with Gasteiger partial charge in [-0.25, -0.2) is 0 Å². The van der Waals surface area contributed by atoms with Gasteiger partial charge in [-0.3, -0.25) is 4.79 Å². The van der Waals surface area contributed by atoms with Crippen LogP contribution in [0, 0.1) is 0 Å². The van der Waals surface area contributed by atoms with Gasteiger partial charge in [0.2, 0.25) is 5.91 Å². The molecular weight excluding hydrogens is 390 g/mol. The van der Waals surface area contributed by atoms with Crippen molar-refractivity contribution in [3.8, 4) is 17.2 Å². The van der Waals surface area contributed by atoms with Gasteiger partial charge in [0, 0.05) is 18.7 Å². The topological polar surface area (TPSA) is 48.0 Å². The first-order chi connectivity index (χ1) is 14.0. The monoisotopic (exact) mass is 415 g/mol. The third kappa shape index (κ3) is 5.45. The molecular formula is C23H26ClNO4. The molecule has 1 aliphatic rings. The zero-order valence-electron chi connectivity index (χ0n) is 17.0. The van der Waals surface area contributed by atoms with E-state index in [2.05, 4.69) is 0 Å². The Hall–Kier alpha value is -2.66. The molecule has 0 aliphatic heterocycles. The van der Waals surface area contributed by atoms with Crippen molar-refractivity contribution in [2.24, 2.45) is 0 Å². The lowest BCUT2D eigenvalue weighted by Gasteiger charge is -2.21. The van der Waals surface area contributed by atoms with Crippen molar-refractivity contribution < 1.29 is 19.0 Å². The van der Waals surface area contributed by atoms with Crippen molar-refractivity contribution in [1.82, 2.24) is 4.90 Å². The minimum atomic E-state index is -0.0210. The van der Waals surface area contributed by atoms with Crippen LogP contribution in [0.25, 0.3) is 6.08 Å². The number of benzene rings is 2. The molecule has 1 saturated carbocycles. The zero-order valence-corrected chi connectivity index (χ0v) is 17.7. The predicted molar refractivity (Wildman–Crippen MR) is 115 cm³/mol. The van der Waals surface area contributed by atoms with Crippen LogP contribution in [0.2, 0.25) is 5.02 Å². The van der Waals surface area contributed by atoms with Crippen LogP contribution < -0.4 is 14.2 Å². The average Bonchev–Trinajstić information content (AvgIpc) is 3.57. The summed E-state index contributed by atoms with van der Waals surface area (Å²) in [6.07, 6.45) is 5.43. The number of nitrogens with zero attached hydrogens (tertiary/aromatic N) is 1. The number of hydrogen-bond acceptors (Lipinski definition) is 4. The molecule has 2 aromatic carbocycles. The fourth-order valence-corrected chi connectivity index (χ4v) is 3.36. The summed E-state index contributed by atoms with van der Waals surface area (Å²) in [6, 6.07) is 11.7. The van der Waals surface area contributed by atoms with Crippen molar-refractivity contribution in [2.75, 3.05) is 20.8 Å². The van der Waals surface area contributed by atoms with E-state index in [0.29, 0.717) is 35.7 Å². The second-order valence-corrected chi connectivity index (χ2v) is 7.25. The van der Waals surface area contributed by atoms with Crippen molar-refractivity contribution in [3.63, 3.8) is 0 Å². The van der Waals surface area contributed by atoms with Gasteiger partial charge in [-0.2, -0.15) is 0 Å². The molecule has 1 aliphatic carbocycles. The van der Waals surface area contributed by atoms with E-state index in [9.17, 15) is 4.79 Å². The third-order valence-corrected chi connectivity index (χ3v) is 5.02. The molecule has 0 saturated heterocycles. The van der Waals surface area contributed by atoms with Crippen molar-refractivity contribution in [2.45, 2.75) is 32.4 Å². The molecule has 5 nitrogen and oxygen atoms in total. The molecule has 0 atom stereocenters. The van der Waals surface area contributed by atoms with Gasteiger partial charge in [0.05, 0.1) is 25.8 Å². The van der Waals surface area contributed by atoms with Crippen molar-refractivity contribution in [1.29, 1.82) is 0 Å². The summed E-state index contributed by atoms with van der Waals surface area (Å²) >= 11 is 6.32. The summed E-state index contributed by atoms with van der Waals surface area (Å²) in [5.74, 6) is 1.84. The van der Waals surface area contributed by atoms with Crippen LogP contribution in [0.15, 0.2) is 42.5 Å². The van der Waals surface area contributed by atoms with E-state index in [0.717, 1.165) is 29.7 Å². The number of methoxy groups -OCH3 is 2. The summed E-state index contributed by atoms with van der Waals surface area (Å²) in [4.78, 5) is 14.8. The number of hydrogen-bond donors (Lipinski definition) is 0. The standard InChI is InChI=1S/C23H26ClNO4/c1-4-29-23-20(24)13-17(14-21(23)28-3)7-12-22(26)25(18-8-9-18)15-16-5-10-19(27-2)11-6-16/h5-7,10-14,18H,4,8-9,15H2,1-3H3/b12-7+. The number of carbonyl (C=O) groups is 1. The summed E-state index contributed by atoms with van der Waals surface area (Å²) < 4.78 is 16.1. The van der Waals surface area contributed by atoms with E-state index in [1.165, 1.54) is 0 Å². The molecule has 0 aromatic heterocycles. The maximum absolute atomic E-state index is 12.9. The molecule has 0 spiro atoms. The minimum Gasteiger partial charge on any atom is -0.497 e. The number of ether oxygens (including phenoxy) is 3. The Balaban J connectivity index is 1.74. The van der Waals surface area contributed by atoms with E-state index < -0.39 is 0 Å². The number of halogens is 1. The normalized spacial score (nSPS) is 13.4. The van der Waals surface area contributed by atoms with Crippen LogP contribution >= 0.6 is 11.6 Å². The molecule has 6 heteroatoms. The van der Waals surface area contributed by atoms with Gasteiger partial charge in [-0.15, -0.1) is 0 Å². The first-order valence-electron chi connectivity index (χ1n) is 9.67. The maximum atomic E-state index is 12.9. The van der Waals surface area contributed by atoms with Gasteiger partial charge in [0.15, 0.2) is 11.5 Å². The highest BCUT2D eigenvalue weighted by Crippen LogP contribution is 2.37. The Labute approximate surface area is 176 Å². The predicted octanol–water partition coefficient (Wildman–Crippen LogP) is 4.96. The smallest absolute Gasteiger partial charge is 0.247 e. The Morgan fingerprint density at radius 2 is 1.90 bits per heavy atom. The van der Waals surface area contributed by atoms with Crippen LogP contribution in [-0.2, 0) is 11.3 Å². The van der Waals surface area contributed by atoms with Gasteiger partial charge in [-0.1, -0.05) is 23.7 Å². The number of rotatable bonds is 9. The molecule has 0 bridgehead atoms. The largest absolute Gasteiger partial charge is 0.497 e. The van der Waals surface area contributed by atoms with Gasteiger partial charge in [0.25, 0.3) is 0 Å². The molecule has 0 N–H and O–H groups in total. The highest BCUT2D eigenvalue weighted by Gasteiger charge is 2.31. The van der Waals surface area contributed by atoms with E-state index in [1.807, 2.05) is 42.2 Å².